The van der Waals surface area contributed by atoms with E-state index in [4.69, 9.17) is 23.8 Å². The van der Waals surface area contributed by atoms with Crippen LogP contribution in [-0.4, -0.2) is 57.9 Å². The third-order valence-electron chi connectivity index (χ3n) is 2.12. The highest BCUT2D eigenvalue weighted by molar-refractivity contribution is 6.66. The van der Waals surface area contributed by atoms with Gasteiger partial charge in [-0.15, -0.1) is 0 Å². The molecule has 0 rings (SSSR count). The smallest absolute Gasteiger partial charge is 0.337 e. The van der Waals surface area contributed by atoms with Crippen molar-refractivity contribution in [2.45, 2.75) is 32.5 Å². The Balaban J connectivity index is 3.75. The quantitative estimate of drug-likeness (QED) is 0.438. The van der Waals surface area contributed by atoms with Crippen molar-refractivity contribution < 1.29 is 23.8 Å². The summed E-state index contributed by atoms with van der Waals surface area (Å²) in [6.45, 7) is 7.54. The molecule has 0 aromatic carbocycles. The Kier molecular flexibility index (Phi) is 9.10. The fourth-order valence-corrected chi connectivity index (χ4v) is 3.43. The lowest BCUT2D eigenvalue weighted by Gasteiger charge is -2.25. The van der Waals surface area contributed by atoms with Gasteiger partial charge in [-0.2, -0.15) is 0 Å². The molecule has 0 aliphatic carbocycles. The average molecular weight is 252 g/mol. The molecular formula is C10H24O5Si. The molecule has 0 aromatic rings. The lowest BCUT2D eigenvalue weighted by Crippen LogP contribution is -2.40. The first-order valence-electron chi connectivity index (χ1n) is 5.72. The first kappa shape index (κ1) is 16.0. The Bertz CT molecular complexity index is 161. The van der Waals surface area contributed by atoms with Gasteiger partial charge >= 0.3 is 8.56 Å². The predicted molar refractivity (Wildman–Crippen MR) is 63.6 cm³/mol. The fraction of sp³-hybridized carbons (Fsp3) is 1.00. The lowest BCUT2D eigenvalue weighted by molar-refractivity contribution is 0.00825. The van der Waals surface area contributed by atoms with Crippen LogP contribution in [0.25, 0.3) is 0 Å². The lowest BCUT2D eigenvalue weighted by atomic mass is 10.4. The van der Waals surface area contributed by atoms with Crippen molar-refractivity contribution in [2.24, 2.45) is 0 Å². The van der Waals surface area contributed by atoms with Crippen molar-refractivity contribution in [1.29, 1.82) is 0 Å². The molecule has 0 fully saturated rings. The van der Waals surface area contributed by atoms with Gasteiger partial charge in [0, 0.05) is 25.9 Å². The Morgan fingerprint density at radius 1 is 1.19 bits per heavy atom. The zero-order valence-corrected chi connectivity index (χ0v) is 11.4. The Labute approximate surface area is 98.6 Å². The zero-order chi connectivity index (χ0) is 12.4. The van der Waals surface area contributed by atoms with E-state index >= 15 is 0 Å². The van der Waals surface area contributed by atoms with Crippen molar-refractivity contribution in [3.63, 3.8) is 0 Å². The van der Waals surface area contributed by atoms with E-state index in [0.29, 0.717) is 19.8 Å². The SMILES string of the molecule is CCO[Si](C)(CCOCC(O)CO)OCC. The fourth-order valence-electron chi connectivity index (χ4n) is 1.33. The first-order valence-corrected chi connectivity index (χ1v) is 8.25. The molecule has 2 N–H and O–H groups in total. The monoisotopic (exact) mass is 252 g/mol. The third kappa shape index (κ3) is 7.32. The number of aliphatic hydroxyl groups excluding tert-OH is 2. The summed E-state index contributed by atoms with van der Waals surface area (Å²) in [6, 6.07) is 0.729. The summed E-state index contributed by atoms with van der Waals surface area (Å²) >= 11 is 0. The molecule has 98 valence electrons. The van der Waals surface area contributed by atoms with E-state index in [-0.39, 0.29) is 13.2 Å². The molecule has 0 saturated heterocycles. The van der Waals surface area contributed by atoms with Crippen molar-refractivity contribution in [1.82, 2.24) is 0 Å². The molecule has 16 heavy (non-hydrogen) atoms. The number of aliphatic hydroxyl groups is 2. The van der Waals surface area contributed by atoms with Crippen LogP contribution in [0.1, 0.15) is 13.8 Å². The maximum absolute atomic E-state index is 9.07. The van der Waals surface area contributed by atoms with E-state index < -0.39 is 14.7 Å². The normalized spacial score (nSPS) is 14.1. The molecule has 0 aliphatic rings. The molecule has 0 aliphatic heterocycles. The van der Waals surface area contributed by atoms with Crippen LogP contribution in [0.5, 0.6) is 0 Å². The molecule has 1 atom stereocenters. The Morgan fingerprint density at radius 2 is 1.75 bits per heavy atom. The van der Waals surface area contributed by atoms with Crippen LogP contribution < -0.4 is 0 Å². The topological polar surface area (TPSA) is 68.2 Å². The Hall–Kier alpha value is 0.0169. The summed E-state index contributed by atoms with van der Waals surface area (Å²) in [5, 5.41) is 17.7. The highest BCUT2D eigenvalue weighted by atomic mass is 28.4. The molecule has 0 radical (unpaired) electrons. The van der Waals surface area contributed by atoms with Crippen molar-refractivity contribution >= 4 is 8.56 Å². The van der Waals surface area contributed by atoms with Gasteiger partial charge in [0.2, 0.25) is 0 Å². The van der Waals surface area contributed by atoms with Gasteiger partial charge in [-0.25, -0.2) is 0 Å². The minimum absolute atomic E-state index is 0.152. The second kappa shape index (κ2) is 9.09. The van der Waals surface area contributed by atoms with E-state index in [1.807, 2.05) is 20.4 Å². The summed E-state index contributed by atoms with van der Waals surface area (Å²) in [7, 11) is -2.10. The molecule has 0 aromatic heterocycles. The number of rotatable bonds is 10. The van der Waals surface area contributed by atoms with Crippen LogP contribution in [0.3, 0.4) is 0 Å². The molecule has 0 spiro atoms. The molecule has 1 unspecified atom stereocenters. The molecule has 5 nitrogen and oxygen atoms in total. The van der Waals surface area contributed by atoms with Crippen LogP contribution in [-0.2, 0) is 13.6 Å². The molecule has 0 heterocycles. The van der Waals surface area contributed by atoms with E-state index in [2.05, 4.69) is 0 Å². The van der Waals surface area contributed by atoms with Crippen molar-refractivity contribution in [3.8, 4) is 0 Å². The molecule has 6 heteroatoms. The third-order valence-corrected chi connectivity index (χ3v) is 5.03. The summed E-state index contributed by atoms with van der Waals surface area (Å²) < 4.78 is 16.5. The summed E-state index contributed by atoms with van der Waals surface area (Å²) in [5.41, 5.74) is 0. The van der Waals surface area contributed by atoms with Gasteiger partial charge in [0.25, 0.3) is 0 Å². The van der Waals surface area contributed by atoms with Crippen LogP contribution in [0.15, 0.2) is 0 Å². The maximum Gasteiger partial charge on any atom is 0.337 e. The summed E-state index contributed by atoms with van der Waals surface area (Å²) in [6.07, 6.45) is -0.799. The largest absolute Gasteiger partial charge is 0.395 e. The van der Waals surface area contributed by atoms with Gasteiger partial charge in [0.15, 0.2) is 0 Å². The second-order valence-electron chi connectivity index (χ2n) is 3.66. The summed E-state index contributed by atoms with van der Waals surface area (Å²) in [4.78, 5) is 0. The van der Waals surface area contributed by atoms with E-state index in [9.17, 15) is 0 Å². The average Bonchev–Trinajstić information content (AvgIpc) is 2.25. The van der Waals surface area contributed by atoms with Gasteiger partial charge in [0.05, 0.1) is 13.2 Å². The Morgan fingerprint density at radius 3 is 2.19 bits per heavy atom. The van der Waals surface area contributed by atoms with Gasteiger partial charge in [0.1, 0.15) is 6.10 Å². The number of hydrogen-bond donors (Lipinski definition) is 2. The van der Waals surface area contributed by atoms with Crippen LogP contribution in [0.2, 0.25) is 12.6 Å². The van der Waals surface area contributed by atoms with E-state index in [1.54, 1.807) is 0 Å². The number of hydrogen-bond acceptors (Lipinski definition) is 5. The number of ether oxygens (including phenoxy) is 1. The molecular weight excluding hydrogens is 228 g/mol. The predicted octanol–water partition coefficient (Wildman–Crippen LogP) is 0.501. The van der Waals surface area contributed by atoms with Crippen LogP contribution >= 0.6 is 0 Å². The molecule has 0 saturated carbocycles. The van der Waals surface area contributed by atoms with Gasteiger partial charge < -0.3 is 23.8 Å². The molecule has 0 amide bonds. The maximum atomic E-state index is 9.07. The highest BCUT2D eigenvalue weighted by Crippen LogP contribution is 2.13. The summed E-state index contributed by atoms with van der Waals surface area (Å²) in [5.74, 6) is 0. The minimum atomic E-state index is -2.10. The van der Waals surface area contributed by atoms with Crippen molar-refractivity contribution in [2.75, 3.05) is 33.0 Å². The van der Waals surface area contributed by atoms with Crippen molar-refractivity contribution in [3.05, 3.63) is 0 Å². The van der Waals surface area contributed by atoms with Gasteiger partial charge in [-0.3, -0.25) is 0 Å². The minimum Gasteiger partial charge on any atom is -0.395 e. The second-order valence-corrected chi connectivity index (χ2v) is 7.01. The van der Waals surface area contributed by atoms with Gasteiger partial charge in [-0.1, -0.05) is 0 Å². The highest BCUT2D eigenvalue weighted by Gasteiger charge is 2.30. The first-order chi connectivity index (χ1) is 7.58. The van der Waals surface area contributed by atoms with Crippen LogP contribution in [0, 0.1) is 0 Å². The zero-order valence-electron chi connectivity index (χ0n) is 10.4. The standard InChI is InChI=1S/C10H24O5Si/c1-4-14-16(3,15-5-2)7-6-13-9-10(12)8-11/h10-12H,4-9H2,1-3H3. The van der Waals surface area contributed by atoms with E-state index in [1.165, 1.54) is 0 Å². The molecule has 0 bridgehead atoms. The van der Waals surface area contributed by atoms with Gasteiger partial charge in [-0.05, 0) is 20.4 Å². The van der Waals surface area contributed by atoms with E-state index in [0.717, 1.165) is 6.04 Å². The van der Waals surface area contributed by atoms with Crippen LogP contribution in [0.4, 0.5) is 0 Å².